The molecule has 0 spiro atoms. The molecule has 6 nitrogen and oxygen atoms in total. The Morgan fingerprint density at radius 1 is 0.583 bits per heavy atom. The molecular weight excluding hydrogens is 637 g/mol. The van der Waals surface area contributed by atoms with Gasteiger partial charge in [-0.1, -0.05) is 127 Å². The lowest BCUT2D eigenvalue weighted by Crippen LogP contribution is -2.17. The first kappa shape index (κ1) is 36.7. The van der Waals surface area contributed by atoms with Crippen LogP contribution in [-0.4, -0.2) is 23.4 Å². The lowest BCUT2D eigenvalue weighted by Gasteiger charge is -2.18. The Balaban J connectivity index is 1.27. The lowest BCUT2D eigenvalue weighted by molar-refractivity contribution is -0.141. The van der Waals surface area contributed by atoms with E-state index in [1.54, 1.807) is 23.5 Å². The van der Waals surface area contributed by atoms with Crippen LogP contribution in [0.2, 0.25) is 0 Å². The van der Waals surface area contributed by atoms with Crippen molar-refractivity contribution in [1.82, 2.24) is 0 Å². The minimum atomic E-state index is -0.423. The Morgan fingerprint density at radius 2 is 1.04 bits per heavy atom. The van der Waals surface area contributed by atoms with E-state index >= 15 is 0 Å². The van der Waals surface area contributed by atoms with Crippen molar-refractivity contribution in [2.75, 3.05) is 0 Å². The molecule has 8 heteroatoms. The van der Waals surface area contributed by atoms with E-state index < -0.39 is 11.9 Å². The zero-order chi connectivity index (χ0) is 34.0. The molecule has 1 unspecified atom stereocenters. The van der Waals surface area contributed by atoms with Gasteiger partial charge in [0.2, 0.25) is 0 Å². The van der Waals surface area contributed by atoms with Crippen molar-refractivity contribution in [2.45, 2.75) is 91.7 Å². The largest absolute Gasteiger partial charge is 0.331 e. The average Bonchev–Trinajstić information content (AvgIpc) is 3.10. The summed E-state index contributed by atoms with van der Waals surface area (Å²) in [6.07, 6.45) is 7.82. The highest BCUT2D eigenvalue weighted by atomic mass is 32.2. The molecule has 0 N–H and O–H groups in total. The van der Waals surface area contributed by atoms with Gasteiger partial charge in [0.1, 0.15) is 0 Å². The maximum Gasteiger partial charge on any atom is 0.331 e. The van der Waals surface area contributed by atoms with E-state index in [0.717, 1.165) is 83.7 Å². The molecule has 0 saturated heterocycles. The molecule has 4 rings (SSSR count). The van der Waals surface area contributed by atoms with Crippen molar-refractivity contribution in [2.24, 2.45) is 16.2 Å². The van der Waals surface area contributed by atoms with E-state index in [2.05, 4.69) is 77.9 Å². The third-order valence-electron chi connectivity index (χ3n) is 7.70. The highest BCUT2D eigenvalue weighted by Crippen LogP contribution is 2.30. The Morgan fingerprint density at radius 3 is 1.56 bits per heavy atom. The standard InChI is InChI=1S/C40H44N2O4S2/c1-4-32(40(42-46-31(3)44)34-24-28-38(29-25-34)48-36-19-13-9-14-20-36)16-10-6-5-7-15-21-39(41-45-30(2)43)33-22-26-37(27-23-33)47-35-17-11-8-12-18-35/h8-9,11-14,17-20,22-29,32H,4-7,10,15-16,21H2,1-3H3. The highest BCUT2D eigenvalue weighted by Gasteiger charge is 2.18. The van der Waals surface area contributed by atoms with Crippen molar-refractivity contribution in [1.29, 1.82) is 0 Å². The minimum Gasteiger partial charge on any atom is -0.318 e. The Bertz CT molecular complexity index is 1620. The molecule has 0 fully saturated rings. The van der Waals surface area contributed by atoms with Crippen LogP contribution in [-0.2, 0) is 19.3 Å². The number of benzene rings is 4. The molecule has 4 aromatic carbocycles. The van der Waals surface area contributed by atoms with Gasteiger partial charge in [0.25, 0.3) is 0 Å². The van der Waals surface area contributed by atoms with Gasteiger partial charge >= 0.3 is 11.9 Å². The molecule has 0 bridgehead atoms. The summed E-state index contributed by atoms with van der Waals surface area (Å²) >= 11 is 3.42. The van der Waals surface area contributed by atoms with Gasteiger partial charge in [-0.25, -0.2) is 9.59 Å². The zero-order valence-corrected chi connectivity index (χ0v) is 29.6. The van der Waals surface area contributed by atoms with E-state index in [1.807, 2.05) is 48.5 Å². The van der Waals surface area contributed by atoms with E-state index in [0.29, 0.717) is 0 Å². The zero-order valence-electron chi connectivity index (χ0n) is 28.0. The van der Waals surface area contributed by atoms with Crippen LogP contribution in [0, 0.1) is 5.92 Å². The van der Waals surface area contributed by atoms with Gasteiger partial charge in [0.15, 0.2) is 0 Å². The molecule has 4 aromatic rings. The third kappa shape index (κ3) is 12.8. The normalized spacial score (nSPS) is 12.4. The molecule has 0 heterocycles. The summed E-state index contributed by atoms with van der Waals surface area (Å²) < 4.78 is 0. The summed E-state index contributed by atoms with van der Waals surface area (Å²) in [5.41, 5.74) is 3.55. The number of hydrogen-bond donors (Lipinski definition) is 0. The fourth-order valence-corrected chi connectivity index (χ4v) is 6.92. The number of oxime groups is 2. The SMILES string of the molecule is CCC(CCCCCCCC(=NOC(C)=O)c1ccc(Sc2ccccc2)cc1)C(=NOC(C)=O)c1ccc(Sc2ccccc2)cc1. The van der Waals surface area contributed by atoms with Crippen LogP contribution >= 0.6 is 23.5 Å². The molecule has 0 radical (unpaired) electrons. The fraction of sp³-hybridized carbons (Fsp3) is 0.300. The second kappa shape index (κ2) is 20.3. The molecular formula is C40H44N2O4S2. The first-order chi connectivity index (χ1) is 23.4. The molecule has 0 aliphatic rings. The number of nitrogens with zero attached hydrogens (tertiary/aromatic N) is 2. The quantitative estimate of drug-likeness (QED) is 0.0450. The first-order valence-corrected chi connectivity index (χ1v) is 18.2. The van der Waals surface area contributed by atoms with Gasteiger partial charge in [-0.05, 0) is 85.3 Å². The van der Waals surface area contributed by atoms with Crippen molar-refractivity contribution >= 4 is 46.9 Å². The smallest absolute Gasteiger partial charge is 0.318 e. The van der Waals surface area contributed by atoms with Crippen molar-refractivity contribution < 1.29 is 19.3 Å². The first-order valence-electron chi connectivity index (χ1n) is 16.6. The molecule has 0 saturated carbocycles. The van der Waals surface area contributed by atoms with Crippen LogP contribution in [0.1, 0.15) is 83.3 Å². The number of carbonyl (C=O) groups is 2. The topological polar surface area (TPSA) is 77.3 Å². The molecule has 250 valence electrons. The Kier molecular flexibility index (Phi) is 15.5. The van der Waals surface area contributed by atoms with Crippen LogP contribution in [0.3, 0.4) is 0 Å². The van der Waals surface area contributed by atoms with Crippen LogP contribution in [0.5, 0.6) is 0 Å². The summed E-state index contributed by atoms with van der Waals surface area (Å²) in [5, 5.41) is 8.51. The van der Waals surface area contributed by atoms with E-state index in [-0.39, 0.29) is 5.92 Å². The summed E-state index contributed by atoms with van der Waals surface area (Å²) in [6, 6.07) is 37.1. The van der Waals surface area contributed by atoms with Crippen molar-refractivity contribution in [3.8, 4) is 0 Å². The lowest BCUT2D eigenvalue weighted by atomic mass is 9.89. The Labute approximate surface area is 293 Å². The van der Waals surface area contributed by atoms with E-state index in [1.165, 1.54) is 23.6 Å². The van der Waals surface area contributed by atoms with Crippen LogP contribution in [0.15, 0.2) is 139 Å². The van der Waals surface area contributed by atoms with Gasteiger partial charge in [-0.3, -0.25) is 0 Å². The fourth-order valence-electron chi connectivity index (χ4n) is 5.24. The van der Waals surface area contributed by atoms with Crippen molar-refractivity contribution in [3.05, 3.63) is 120 Å². The number of carbonyl (C=O) groups excluding carboxylic acids is 2. The summed E-state index contributed by atoms with van der Waals surface area (Å²) in [6.45, 7) is 4.90. The minimum absolute atomic E-state index is 0.183. The van der Waals surface area contributed by atoms with E-state index in [9.17, 15) is 9.59 Å². The number of unbranched alkanes of at least 4 members (excludes halogenated alkanes) is 4. The molecule has 1 atom stereocenters. The van der Waals surface area contributed by atoms with Gasteiger partial charge in [-0.2, -0.15) is 0 Å². The van der Waals surface area contributed by atoms with Gasteiger partial charge < -0.3 is 9.68 Å². The van der Waals surface area contributed by atoms with Gasteiger partial charge in [0, 0.05) is 39.3 Å². The maximum absolute atomic E-state index is 11.6. The molecule has 0 aliphatic heterocycles. The predicted molar refractivity (Wildman–Crippen MR) is 197 cm³/mol. The average molecular weight is 681 g/mol. The molecule has 0 aliphatic carbocycles. The van der Waals surface area contributed by atoms with E-state index in [4.69, 9.17) is 9.68 Å². The molecule has 0 aromatic heterocycles. The van der Waals surface area contributed by atoms with Crippen molar-refractivity contribution in [3.63, 3.8) is 0 Å². The molecule has 48 heavy (non-hydrogen) atoms. The van der Waals surface area contributed by atoms with Crippen LogP contribution < -0.4 is 0 Å². The van der Waals surface area contributed by atoms with Gasteiger partial charge in [-0.15, -0.1) is 0 Å². The summed E-state index contributed by atoms with van der Waals surface area (Å²) in [7, 11) is 0. The maximum atomic E-state index is 11.6. The monoisotopic (exact) mass is 680 g/mol. The summed E-state index contributed by atoms with van der Waals surface area (Å²) in [4.78, 5) is 38.0. The Hall–Kier alpha value is -4.14. The highest BCUT2D eigenvalue weighted by molar-refractivity contribution is 7.99. The van der Waals surface area contributed by atoms with Gasteiger partial charge in [0.05, 0.1) is 11.4 Å². The second-order valence-electron chi connectivity index (χ2n) is 11.5. The number of rotatable bonds is 18. The number of hydrogen-bond acceptors (Lipinski definition) is 8. The van der Waals surface area contributed by atoms with Crippen LogP contribution in [0.4, 0.5) is 0 Å². The molecule has 0 amide bonds. The third-order valence-corrected chi connectivity index (χ3v) is 9.73. The second-order valence-corrected chi connectivity index (χ2v) is 13.8. The predicted octanol–water partition coefficient (Wildman–Crippen LogP) is 11.0. The summed E-state index contributed by atoms with van der Waals surface area (Å²) in [5.74, 6) is -0.660. The van der Waals surface area contributed by atoms with Crippen LogP contribution in [0.25, 0.3) is 0 Å².